The number of halogens is 2. The maximum absolute atomic E-state index is 13.5. The molecule has 3 rings (SSSR count). The Morgan fingerprint density at radius 2 is 1.84 bits per heavy atom. The van der Waals surface area contributed by atoms with E-state index < -0.39 is 46.5 Å². The zero-order chi connectivity index (χ0) is 23.5. The predicted octanol–water partition coefficient (Wildman–Crippen LogP) is 3.66. The zero-order valence-electron chi connectivity index (χ0n) is 17.6. The van der Waals surface area contributed by atoms with E-state index in [0.29, 0.717) is 6.07 Å². The molecule has 7 nitrogen and oxygen atoms in total. The molecule has 2 aromatic carbocycles. The summed E-state index contributed by atoms with van der Waals surface area (Å²) in [6.45, 7) is 1.94. The molecule has 0 radical (unpaired) electrons. The summed E-state index contributed by atoms with van der Waals surface area (Å²) >= 11 is 0. The molecule has 0 aromatic heterocycles. The number of carboxylic acid groups (broad SMARTS) is 1. The normalized spacial score (nSPS) is 20.1. The van der Waals surface area contributed by atoms with Gasteiger partial charge in [0.15, 0.2) is 0 Å². The van der Waals surface area contributed by atoms with Crippen molar-refractivity contribution in [3.05, 3.63) is 70.3 Å². The monoisotopic (exact) mass is 470 g/mol. The molecule has 1 heterocycles. The minimum atomic E-state index is -2.85. The van der Waals surface area contributed by atoms with Gasteiger partial charge in [-0.2, -0.15) is 10.6 Å². The number of hydrogen-bond donors (Lipinski definition) is 6. The van der Waals surface area contributed by atoms with Crippen molar-refractivity contribution in [2.75, 3.05) is 12.3 Å². The van der Waals surface area contributed by atoms with Crippen LogP contribution in [0.25, 0.3) is 0 Å². The molecule has 1 amide bonds. The van der Waals surface area contributed by atoms with E-state index >= 15 is 0 Å². The fourth-order valence-electron chi connectivity index (χ4n) is 3.98. The molecule has 0 saturated carbocycles. The average molecular weight is 471 g/mol. The summed E-state index contributed by atoms with van der Waals surface area (Å²) in [6, 6.07) is 7.21. The number of carbonyl (C=O) groups is 1. The molecule has 6 N–H and O–H groups in total. The highest BCUT2D eigenvalue weighted by molar-refractivity contribution is 8.23. The number of benzene rings is 2. The van der Waals surface area contributed by atoms with E-state index in [1.54, 1.807) is 0 Å². The van der Waals surface area contributed by atoms with E-state index in [-0.39, 0.29) is 30.0 Å². The van der Waals surface area contributed by atoms with E-state index in [9.17, 15) is 27.8 Å². The average Bonchev–Trinajstić information content (AvgIpc) is 2.69. The van der Waals surface area contributed by atoms with E-state index in [1.165, 1.54) is 0 Å². The van der Waals surface area contributed by atoms with Gasteiger partial charge in [-0.3, -0.25) is 9.11 Å². The Balaban J connectivity index is 1.75. The fourth-order valence-corrected chi connectivity index (χ4v) is 5.69. The van der Waals surface area contributed by atoms with Gasteiger partial charge in [0.05, 0.1) is 29.7 Å². The number of aliphatic hydroxyl groups is 1. The molecule has 10 heteroatoms. The SMILES string of the molecule is CCc1ccc2c(c1)[C@@H](NC[C@@H](O)[C@H](Cc1cc(F)cc(F)c1)NC(=O)O)CS(O)(O)C2. The Morgan fingerprint density at radius 1 is 1.16 bits per heavy atom. The summed E-state index contributed by atoms with van der Waals surface area (Å²) in [7, 11) is -2.85. The molecule has 32 heavy (non-hydrogen) atoms. The molecule has 0 spiro atoms. The molecular weight excluding hydrogens is 442 g/mol. The number of aryl methyl sites for hydroxylation is 1. The van der Waals surface area contributed by atoms with Crippen LogP contribution in [-0.2, 0) is 18.6 Å². The van der Waals surface area contributed by atoms with Crippen molar-refractivity contribution in [3.8, 4) is 0 Å². The van der Waals surface area contributed by atoms with E-state index in [1.807, 2.05) is 25.1 Å². The highest BCUT2D eigenvalue weighted by Crippen LogP contribution is 2.50. The molecule has 0 fully saturated rings. The molecule has 176 valence electrons. The number of amides is 1. The molecule has 2 aromatic rings. The summed E-state index contributed by atoms with van der Waals surface area (Å²) in [6.07, 6.45) is -1.93. The number of hydrogen-bond acceptors (Lipinski definition) is 5. The highest BCUT2D eigenvalue weighted by atomic mass is 32.3. The summed E-state index contributed by atoms with van der Waals surface area (Å²) < 4.78 is 47.7. The van der Waals surface area contributed by atoms with Crippen LogP contribution < -0.4 is 10.6 Å². The lowest BCUT2D eigenvalue weighted by Gasteiger charge is -2.42. The van der Waals surface area contributed by atoms with Crippen molar-refractivity contribution in [1.82, 2.24) is 10.6 Å². The van der Waals surface area contributed by atoms with Crippen LogP contribution in [0.4, 0.5) is 13.6 Å². The number of fused-ring (bicyclic) bond motifs is 1. The number of rotatable bonds is 8. The molecule has 3 atom stereocenters. The molecule has 0 aliphatic carbocycles. The number of aliphatic hydroxyl groups excluding tert-OH is 1. The van der Waals surface area contributed by atoms with Gasteiger partial charge in [-0.15, -0.1) is 0 Å². The molecule has 1 aliphatic heterocycles. The molecule has 0 bridgehead atoms. The van der Waals surface area contributed by atoms with Crippen molar-refractivity contribution in [2.24, 2.45) is 0 Å². The Bertz CT molecular complexity index is 955. The van der Waals surface area contributed by atoms with Gasteiger partial charge < -0.3 is 20.8 Å². The maximum atomic E-state index is 13.5. The topological polar surface area (TPSA) is 122 Å². The van der Waals surface area contributed by atoms with Crippen molar-refractivity contribution >= 4 is 16.7 Å². The summed E-state index contributed by atoms with van der Waals surface area (Å²) in [5.74, 6) is -1.34. The Kier molecular flexibility index (Phi) is 7.73. The van der Waals surface area contributed by atoms with E-state index in [4.69, 9.17) is 5.11 Å². The second kappa shape index (κ2) is 10.1. The quantitative estimate of drug-likeness (QED) is 0.350. The van der Waals surface area contributed by atoms with Crippen molar-refractivity contribution in [1.29, 1.82) is 0 Å². The van der Waals surface area contributed by atoms with Crippen molar-refractivity contribution in [3.63, 3.8) is 0 Å². The molecular formula is C22H28F2N2O5S. The van der Waals surface area contributed by atoms with Gasteiger partial charge in [-0.1, -0.05) is 25.1 Å². The summed E-state index contributed by atoms with van der Waals surface area (Å²) in [4.78, 5) is 11.2. The van der Waals surface area contributed by atoms with Gasteiger partial charge in [0.1, 0.15) is 11.6 Å². The number of nitrogens with one attached hydrogen (secondary N) is 2. The summed E-state index contributed by atoms with van der Waals surface area (Å²) in [5, 5.41) is 25.1. The van der Waals surface area contributed by atoms with E-state index in [0.717, 1.165) is 35.2 Å². The van der Waals surface area contributed by atoms with Gasteiger partial charge in [-0.25, -0.2) is 13.6 Å². The van der Waals surface area contributed by atoms with Crippen LogP contribution in [0.15, 0.2) is 36.4 Å². The third-order valence-electron chi connectivity index (χ3n) is 5.54. The Morgan fingerprint density at radius 3 is 2.47 bits per heavy atom. The van der Waals surface area contributed by atoms with Gasteiger partial charge in [-0.05, 0) is 47.2 Å². The lowest BCUT2D eigenvalue weighted by atomic mass is 9.97. The first-order chi connectivity index (χ1) is 15.1. The maximum Gasteiger partial charge on any atom is 0.404 e. The van der Waals surface area contributed by atoms with Crippen molar-refractivity contribution in [2.45, 2.75) is 43.7 Å². The van der Waals surface area contributed by atoms with Crippen LogP contribution in [-0.4, -0.2) is 49.9 Å². The van der Waals surface area contributed by atoms with Crippen LogP contribution in [0.3, 0.4) is 0 Å². The molecule has 1 aliphatic rings. The first kappa shape index (κ1) is 24.4. The zero-order valence-corrected chi connectivity index (χ0v) is 18.4. The standard InChI is InChI=1S/C22H28F2N2O5S/c1-2-13-3-4-15-11-32(30,31)12-20(18(15)7-13)25-10-21(27)19(26-22(28)29)8-14-5-16(23)9-17(24)6-14/h3-7,9,19-21,25-27,30-31H,2,8,10-12H2,1H3,(H,28,29)/t19-,20-,21+/m0/s1. The third kappa shape index (κ3) is 6.39. The fraction of sp³-hybridized carbons (Fsp3) is 0.409. The second-order valence-electron chi connectivity index (χ2n) is 8.07. The lowest BCUT2D eigenvalue weighted by molar-refractivity contribution is 0.115. The van der Waals surface area contributed by atoms with Crippen LogP contribution in [0.2, 0.25) is 0 Å². The van der Waals surface area contributed by atoms with Gasteiger partial charge in [0.2, 0.25) is 0 Å². The Labute approximate surface area is 186 Å². The van der Waals surface area contributed by atoms with Crippen LogP contribution in [0.5, 0.6) is 0 Å². The largest absolute Gasteiger partial charge is 0.465 e. The Hall–Kier alpha value is -2.24. The highest BCUT2D eigenvalue weighted by Gasteiger charge is 2.31. The van der Waals surface area contributed by atoms with Gasteiger partial charge >= 0.3 is 6.09 Å². The van der Waals surface area contributed by atoms with Crippen molar-refractivity contribution < 1.29 is 32.9 Å². The van der Waals surface area contributed by atoms with Crippen LogP contribution >= 0.6 is 10.6 Å². The smallest absolute Gasteiger partial charge is 0.404 e. The predicted molar refractivity (Wildman–Crippen MR) is 119 cm³/mol. The third-order valence-corrected chi connectivity index (χ3v) is 7.18. The molecule has 0 unspecified atom stereocenters. The minimum Gasteiger partial charge on any atom is -0.465 e. The first-order valence-corrected chi connectivity index (χ1v) is 12.2. The van der Waals surface area contributed by atoms with Crippen LogP contribution in [0.1, 0.15) is 35.2 Å². The molecule has 0 saturated heterocycles. The van der Waals surface area contributed by atoms with Gasteiger partial charge in [0, 0.05) is 12.6 Å². The summed E-state index contributed by atoms with van der Waals surface area (Å²) in [5.41, 5.74) is 3.02. The second-order valence-corrected chi connectivity index (χ2v) is 10.3. The van der Waals surface area contributed by atoms with E-state index in [2.05, 4.69) is 10.6 Å². The minimum absolute atomic E-state index is 0.0707. The van der Waals surface area contributed by atoms with Crippen LogP contribution in [0, 0.1) is 11.6 Å². The lowest BCUT2D eigenvalue weighted by Crippen LogP contribution is -2.49. The first-order valence-electron chi connectivity index (χ1n) is 10.3. The van der Waals surface area contributed by atoms with Gasteiger partial charge in [0.25, 0.3) is 0 Å².